The number of primary amides is 1. The van der Waals surface area contributed by atoms with E-state index in [-0.39, 0.29) is 16.9 Å². The molecule has 118 valence electrons. The molecule has 2 aromatic carbocycles. The number of ketones is 1. The summed E-state index contributed by atoms with van der Waals surface area (Å²) in [7, 11) is 0. The lowest BCUT2D eigenvalue weighted by Gasteiger charge is -2.12. The van der Waals surface area contributed by atoms with Crippen LogP contribution in [0, 0.1) is 0 Å². The average molecular weight is 332 g/mol. The van der Waals surface area contributed by atoms with E-state index < -0.39 is 18.0 Å². The normalized spacial score (nSPS) is 11.6. The van der Waals surface area contributed by atoms with E-state index >= 15 is 0 Å². The third kappa shape index (κ3) is 4.17. The summed E-state index contributed by atoms with van der Waals surface area (Å²) in [5.41, 5.74) is 5.99. The van der Waals surface area contributed by atoms with Crippen LogP contribution in [0.15, 0.2) is 48.5 Å². The summed E-state index contributed by atoms with van der Waals surface area (Å²) in [4.78, 5) is 35.2. The van der Waals surface area contributed by atoms with Gasteiger partial charge in [-0.2, -0.15) is 0 Å². The van der Waals surface area contributed by atoms with Gasteiger partial charge in [0.1, 0.15) is 0 Å². The van der Waals surface area contributed by atoms with Crippen molar-refractivity contribution < 1.29 is 19.1 Å². The molecule has 0 fully saturated rings. The molecule has 0 saturated carbocycles. The smallest absolute Gasteiger partial charge is 0.338 e. The van der Waals surface area contributed by atoms with Gasteiger partial charge in [0.15, 0.2) is 6.10 Å². The molecule has 23 heavy (non-hydrogen) atoms. The van der Waals surface area contributed by atoms with Crippen LogP contribution in [-0.2, 0) is 4.74 Å². The Labute approximate surface area is 138 Å². The van der Waals surface area contributed by atoms with E-state index in [1.54, 1.807) is 18.2 Å². The van der Waals surface area contributed by atoms with Gasteiger partial charge in [-0.1, -0.05) is 23.7 Å². The first-order valence-corrected chi connectivity index (χ1v) is 7.17. The minimum atomic E-state index is -0.961. The molecule has 0 aliphatic heterocycles. The van der Waals surface area contributed by atoms with Crippen molar-refractivity contribution in [2.75, 3.05) is 0 Å². The molecule has 0 aromatic heterocycles. The van der Waals surface area contributed by atoms with E-state index in [2.05, 4.69) is 0 Å². The Morgan fingerprint density at radius 1 is 1.00 bits per heavy atom. The highest BCUT2D eigenvalue weighted by atomic mass is 35.5. The third-order valence-corrected chi connectivity index (χ3v) is 3.40. The van der Waals surface area contributed by atoms with E-state index in [0.29, 0.717) is 10.6 Å². The maximum absolute atomic E-state index is 12.2. The van der Waals surface area contributed by atoms with Gasteiger partial charge in [0.25, 0.3) is 0 Å². The molecular weight excluding hydrogens is 318 g/mol. The first-order chi connectivity index (χ1) is 10.9. The molecule has 0 bridgehead atoms. The fourth-order valence-corrected chi connectivity index (χ4v) is 2.12. The van der Waals surface area contributed by atoms with Crippen LogP contribution in [-0.4, -0.2) is 23.8 Å². The molecule has 0 saturated heterocycles. The van der Waals surface area contributed by atoms with Crippen molar-refractivity contribution in [1.29, 1.82) is 0 Å². The predicted molar refractivity (Wildman–Crippen MR) is 85.6 cm³/mol. The molecule has 2 N–H and O–H groups in total. The van der Waals surface area contributed by atoms with Crippen molar-refractivity contribution in [3.63, 3.8) is 0 Å². The number of rotatable bonds is 5. The molecule has 0 heterocycles. The van der Waals surface area contributed by atoms with Crippen LogP contribution in [0.5, 0.6) is 0 Å². The minimum absolute atomic E-state index is 0.223. The highest BCUT2D eigenvalue weighted by molar-refractivity contribution is 6.31. The standard InChI is InChI=1S/C17H14ClNO4/c1-10(15(20)13-3-2-4-14(18)9-13)23-17(22)12-7-5-11(6-8-12)16(19)21/h2-10H,1H3,(H2,19,21). The fourth-order valence-electron chi connectivity index (χ4n) is 1.93. The highest BCUT2D eigenvalue weighted by Gasteiger charge is 2.20. The number of halogens is 1. The van der Waals surface area contributed by atoms with Crippen LogP contribution in [0.3, 0.4) is 0 Å². The van der Waals surface area contributed by atoms with Crippen molar-refractivity contribution in [1.82, 2.24) is 0 Å². The van der Waals surface area contributed by atoms with Crippen LogP contribution in [0.2, 0.25) is 5.02 Å². The van der Waals surface area contributed by atoms with Gasteiger partial charge in [-0.15, -0.1) is 0 Å². The maximum Gasteiger partial charge on any atom is 0.338 e. The predicted octanol–water partition coefficient (Wildman–Crippen LogP) is 2.87. The Balaban J connectivity index is 2.07. The number of ether oxygens (including phenoxy) is 1. The summed E-state index contributed by atoms with van der Waals surface area (Å²) in [5, 5.41) is 0.427. The Morgan fingerprint density at radius 3 is 2.17 bits per heavy atom. The summed E-state index contributed by atoms with van der Waals surface area (Å²) in [6, 6.07) is 12.1. The Hall–Kier alpha value is -2.66. The monoisotopic (exact) mass is 331 g/mol. The van der Waals surface area contributed by atoms with Gasteiger partial charge in [-0.25, -0.2) is 4.79 Å². The SMILES string of the molecule is CC(OC(=O)c1ccc(C(N)=O)cc1)C(=O)c1cccc(Cl)c1. The Kier molecular flexibility index (Phi) is 5.13. The fraction of sp³-hybridized carbons (Fsp3) is 0.118. The number of amides is 1. The van der Waals surface area contributed by atoms with Gasteiger partial charge in [0.05, 0.1) is 5.56 Å². The van der Waals surface area contributed by atoms with E-state index in [1.807, 2.05) is 0 Å². The number of Topliss-reactive ketones (excluding diaryl/α,β-unsaturated/α-hetero) is 1. The van der Waals surface area contributed by atoms with Crippen molar-refractivity contribution in [3.8, 4) is 0 Å². The van der Waals surface area contributed by atoms with Gasteiger partial charge in [0, 0.05) is 16.1 Å². The summed E-state index contributed by atoms with van der Waals surface area (Å²) in [6.07, 6.45) is -0.961. The summed E-state index contributed by atoms with van der Waals surface area (Å²) in [6.45, 7) is 1.49. The molecule has 2 aromatic rings. The molecule has 0 aliphatic rings. The number of hydrogen-bond donors (Lipinski definition) is 1. The number of esters is 1. The van der Waals surface area contributed by atoms with Crippen molar-refractivity contribution in [2.45, 2.75) is 13.0 Å². The summed E-state index contributed by atoms with van der Waals surface area (Å²) < 4.78 is 5.15. The van der Waals surface area contributed by atoms with Gasteiger partial charge in [0.2, 0.25) is 11.7 Å². The Morgan fingerprint density at radius 2 is 1.61 bits per heavy atom. The van der Waals surface area contributed by atoms with Gasteiger partial charge >= 0.3 is 5.97 Å². The molecule has 1 unspecified atom stereocenters. The van der Waals surface area contributed by atoms with Gasteiger partial charge in [-0.3, -0.25) is 9.59 Å². The summed E-state index contributed by atoms with van der Waals surface area (Å²) >= 11 is 5.84. The molecule has 1 atom stereocenters. The number of carbonyl (C=O) groups is 3. The quantitative estimate of drug-likeness (QED) is 0.674. The second-order valence-electron chi connectivity index (χ2n) is 4.86. The van der Waals surface area contributed by atoms with E-state index in [0.717, 1.165) is 0 Å². The second-order valence-corrected chi connectivity index (χ2v) is 5.30. The average Bonchev–Trinajstić information content (AvgIpc) is 2.54. The topological polar surface area (TPSA) is 86.5 Å². The van der Waals surface area contributed by atoms with Crippen LogP contribution in [0.1, 0.15) is 38.0 Å². The molecule has 0 radical (unpaired) electrons. The van der Waals surface area contributed by atoms with Crippen LogP contribution in [0.25, 0.3) is 0 Å². The molecule has 1 amide bonds. The molecule has 6 heteroatoms. The summed E-state index contributed by atoms with van der Waals surface area (Å²) in [5.74, 6) is -1.60. The number of benzene rings is 2. The van der Waals surface area contributed by atoms with E-state index in [9.17, 15) is 14.4 Å². The van der Waals surface area contributed by atoms with Gasteiger partial charge < -0.3 is 10.5 Å². The zero-order chi connectivity index (χ0) is 17.0. The highest BCUT2D eigenvalue weighted by Crippen LogP contribution is 2.14. The first-order valence-electron chi connectivity index (χ1n) is 6.79. The van der Waals surface area contributed by atoms with Crippen molar-refractivity contribution in [2.24, 2.45) is 5.73 Å². The Bertz CT molecular complexity index is 755. The molecule has 2 rings (SSSR count). The molecular formula is C17H14ClNO4. The lowest BCUT2D eigenvalue weighted by Crippen LogP contribution is -2.24. The van der Waals surface area contributed by atoms with E-state index in [1.165, 1.54) is 37.3 Å². The third-order valence-electron chi connectivity index (χ3n) is 3.17. The van der Waals surface area contributed by atoms with Gasteiger partial charge in [-0.05, 0) is 43.3 Å². The lowest BCUT2D eigenvalue weighted by molar-refractivity contribution is 0.0318. The zero-order valence-corrected chi connectivity index (χ0v) is 13.0. The maximum atomic E-state index is 12.2. The first kappa shape index (κ1) is 16.7. The molecule has 5 nitrogen and oxygen atoms in total. The second kappa shape index (κ2) is 7.07. The zero-order valence-electron chi connectivity index (χ0n) is 12.3. The van der Waals surface area contributed by atoms with Crippen LogP contribution >= 0.6 is 11.6 Å². The molecule has 0 spiro atoms. The number of nitrogens with two attached hydrogens (primary N) is 1. The number of hydrogen-bond acceptors (Lipinski definition) is 4. The largest absolute Gasteiger partial charge is 0.451 e. The molecule has 0 aliphatic carbocycles. The van der Waals surface area contributed by atoms with Crippen molar-refractivity contribution >= 4 is 29.3 Å². The van der Waals surface area contributed by atoms with Crippen molar-refractivity contribution in [3.05, 3.63) is 70.2 Å². The number of carbonyl (C=O) groups excluding carboxylic acids is 3. The van der Waals surface area contributed by atoms with Crippen LogP contribution < -0.4 is 5.73 Å². The van der Waals surface area contributed by atoms with Crippen LogP contribution in [0.4, 0.5) is 0 Å². The lowest BCUT2D eigenvalue weighted by atomic mass is 10.1. The minimum Gasteiger partial charge on any atom is -0.451 e. The van der Waals surface area contributed by atoms with E-state index in [4.69, 9.17) is 22.1 Å².